The number of ether oxygens (including phenoxy) is 3. The molecule has 0 saturated heterocycles. The molecule has 0 bridgehead atoms. The first-order valence-corrected chi connectivity index (χ1v) is 6.07. The Morgan fingerprint density at radius 3 is 2.68 bits per heavy atom. The number of carbonyl (C=O) groups excluding carboxylic acids is 1. The number of rotatable bonds is 4. The number of carbonyl (C=O) groups is 1. The molecule has 0 amide bonds. The molecule has 4 nitrogen and oxygen atoms in total. The van der Waals surface area contributed by atoms with Gasteiger partial charge in [-0.1, -0.05) is 18.2 Å². The van der Waals surface area contributed by atoms with Crippen LogP contribution in [0.3, 0.4) is 0 Å². The molecule has 0 spiro atoms. The first-order chi connectivity index (χ1) is 8.90. The summed E-state index contributed by atoms with van der Waals surface area (Å²) in [5.74, 6) is 0.787. The van der Waals surface area contributed by atoms with Crippen LogP contribution in [0.25, 0.3) is 6.08 Å². The molecule has 19 heavy (non-hydrogen) atoms. The highest BCUT2D eigenvalue weighted by atomic mass is 16.7. The molecule has 0 aliphatic rings. The minimum atomic E-state index is -0.664. The predicted molar refractivity (Wildman–Crippen MR) is 74.2 cm³/mol. The van der Waals surface area contributed by atoms with Crippen molar-refractivity contribution >= 4 is 12.2 Å². The van der Waals surface area contributed by atoms with Crippen molar-refractivity contribution in [1.82, 2.24) is 0 Å². The Labute approximate surface area is 114 Å². The van der Waals surface area contributed by atoms with Gasteiger partial charge in [-0.2, -0.15) is 0 Å². The molecule has 0 atom stereocenters. The maximum Gasteiger partial charge on any atom is 0.509 e. The van der Waals surface area contributed by atoms with Crippen LogP contribution in [0.5, 0.6) is 5.75 Å². The summed E-state index contributed by atoms with van der Waals surface area (Å²) in [6, 6.07) is 7.60. The van der Waals surface area contributed by atoms with E-state index in [-0.39, 0.29) is 6.61 Å². The number of benzene rings is 1. The van der Waals surface area contributed by atoms with Gasteiger partial charge in [0, 0.05) is 0 Å². The molecule has 0 heterocycles. The second-order valence-electron chi connectivity index (χ2n) is 4.95. The van der Waals surface area contributed by atoms with Gasteiger partial charge in [-0.25, -0.2) is 4.79 Å². The minimum Gasteiger partial charge on any atom is -0.497 e. The molecule has 0 unspecified atom stereocenters. The lowest BCUT2D eigenvalue weighted by molar-refractivity contribution is -0.00234. The summed E-state index contributed by atoms with van der Waals surface area (Å²) in [5.41, 5.74) is 0.445. The fraction of sp³-hybridized carbons (Fsp3) is 0.400. The van der Waals surface area contributed by atoms with Crippen LogP contribution in [0.2, 0.25) is 0 Å². The summed E-state index contributed by atoms with van der Waals surface area (Å²) in [7, 11) is 1.62. The Kier molecular flexibility index (Phi) is 5.42. The molecular weight excluding hydrogens is 244 g/mol. The standard InChI is InChI=1S/C15H20O4/c1-15(2,3)19-14(16)18-10-6-8-12-7-5-9-13(11-12)17-4/h5-9,11H,10H2,1-4H3/b8-6+. The van der Waals surface area contributed by atoms with E-state index < -0.39 is 11.8 Å². The lowest BCUT2D eigenvalue weighted by Gasteiger charge is -2.18. The zero-order chi connectivity index (χ0) is 14.3. The van der Waals surface area contributed by atoms with E-state index in [2.05, 4.69) is 0 Å². The van der Waals surface area contributed by atoms with Crippen molar-refractivity contribution in [3.8, 4) is 5.75 Å². The molecule has 0 aliphatic carbocycles. The molecule has 1 rings (SSSR count). The normalized spacial score (nSPS) is 11.4. The van der Waals surface area contributed by atoms with Gasteiger partial charge in [0.1, 0.15) is 18.0 Å². The fourth-order valence-electron chi connectivity index (χ4n) is 1.33. The summed E-state index contributed by atoms with van der Waals surface area (Å²) in [5, 5.41) is 0. The summed E-state index contributed by atoms with van der Waals surface area (Å²) >= 11 is 0. The Bertz CT molecular complexity index is 444. The SMILES string of the molecule is COc1cccc(/C=C/COC(=O)OC(C)(C)C)c1. The molecule has 0 N–H and O–H groups in total. The lowest BCUT2D eigenvalue weighted by atomic mass is 10.2. The quantitative estimate of drug-likeness (QED) is 0.778. The van der Waals surface area contributed by atoms with E-state index in [4.69, 9.17) is 14.2 Å². The van der Waals surface area contributed by atoms with Crippen molar-refractivity contribution in [1.29, 1.82) is 0 Å². The summed E-state index contributed by atoms with van der Waals surface area (Å²) in [6.45, 7) is 5.55. The average Bonchev–Trinajstić information content (AvgIpc) is 2.33. The van der Waals surface area contributed by atoms with E-state index in [1.54, 1.807) is 34.0 Å². The topological polar surface area (TPSA) is 44.8 Å². The Hall–Kier alpha value is -1.97. The maximum atomic E-state index is 11.3. The van der Waals surface area contributed by atoms with Gasteiger partial charge < -0.3 is 14.2 Å². The van der Waals surface area contributed by atoms with E-state index in [9.17, 15) is 4.79 Å². The van der Waals surface area contributed by atoms with Crippen LogP contribution in [-0.2, 0) is 9.47 Å². The zero-order valence-corrected chi connectivity index (χ0v) is 11.8. The Balaban J connectivity index is 2.40. The molecule has 4 heteroatoms. The highest BCUT2D eigenvalue weighted by Gasteiger charge is 2.16. The van der Waals surface area contributed by atoms with Crippen LogP contribution in [0.4, 0.5) is 4.79 Å². The van der Waals surface area contributed by atoms with Crippen LogP contribution < -0.4 is 4.74 Å². The lowest BCUT2D eigenvalue weighted by Crippen LogP contribution is -2.24. The summed E-state index contributed by atoms with van der Waals surface area (Å²) in [6.07, 6.45) is 2.94. The van der Waals surface area contributed by atoms with Crippen molar-refractivity contribution in [3.05, 3.63) is 35.9 Å². The molecule has 1 aromatic rings. The first-order valence-electron chi connectivity index (χ1n) is 6.07. The predicted octanol–water partition coefficient (Wildman–Crippen LogP) is 3.66. The van der Waals surface area contributed by atoms with Gasteiger partial charge in [0.05, 0.1) is 7.11 Å². The highest BCUT2D eigenvalue weighted by molar-refractivity contribution is 5.61. The van der Waals surface area contributed by atoms with Crippen molar-refractivity contribution in [2.24, 2.45) is 0 Å². The second kappa shape index (κ2) is 6.83. The van der Waals surface area contributed by atoms with Gasteiger partial charge >= 0.3 is 6.16 Å². The number of hydrogen-bond acceptors (Lipinski definition) is 4. The molecule has 1 aromatic carbocycles. The monoisotopic (exact) mass is 264 g/mol. The van der Waals surface area contributed by atoms with E-state index >= 15 is 0 Å². The van der Waals surface area contributed by atoms with Crippen LogP contribution in [0.1, 0.15) is 26.3 Å². The smallest absolute Gasteiger partial charge is 0.497 e. The molecule has 104 valence electrons. The van der Waals surface area contributed by atoms with Gasteiger partial charge in [-0.05, 0) is 44.5 Å². The van der Waals surface area contributed by atoms with Crippen molar-refractivity contribution < 1.29 is 19.0 Å². The molecule has 0 radical (unpaired) electrons. The fourth-order valence-corrected chi connectivity index (χ4v) is 1.33. The first kappa shape index (κ1) is 15.1. The maximum absolute atomic E-state index is 11.3. The average molecular weight is 264 g/mol. The largest absolute Gasteiger partial charge is 0.509 e. The van der Waals surface area contributed by atoms with E-state index in [0.717, 1.165) is 11.3 Å². The second-order valence-corrected chi connectivity index (χ2v) is 4.95. The molecule has 0 aliphatic heterocycles. The van der Waals surface area contributed by atoms with Crippen molar-refractivity contribution in [2.45, 2.75) is 26.4 Å². The van der Waals surface area contributed by atoms with Crippen LogP contribution in [0.15, 0.2) is 30.3 Å². The van der Waals surface area contributed by atoms with E-state index in [0.29, 0.717) is 0 Å². The number of hydrogen-bond donors (Lipinski definition) is 0. The van der Waals surface area contributed by atoms with Gasteiger partial charge in [0.25, 0.3) is 0 Å². The molecule has 0 aromatic heterocycles. The van der Waals surface area contributed by atoms with Crippen LogP contribution >= 0.6 is 0 Å². The minimum absolute atomic E-state index is 0.173. The number of methoxy groups -OCH3 is 1. The van der Waals surface area contributed by atoms with E-state index in [1.807, 2.05) is 30.3 Å². The van der Waals surface area contributed by atoms with Gasteiger partial charge in [-0.15, -0.1) is 0 Å². The Morgan fingerprint density at radius 1 is 1.32 bits per heavy atom. The van der Waals surface area contributed by atoms with Crippen molar-refractivity contribution in [2.75, 3.05) is 13.7 Å². The molecule has 0 saturated carbocycles. The summed E-state index contributed by atoms with van der Waals surface area (Å²) in [4.78, 5) is 11.3. The van der Waals surface area contributed by atoms with Gasteiger partial charge in [0.2, 0.25) is 0 Å². The Morgan fingerprint density at radius 2 is 2.05 bits per heavy atom. The highest BCUT2D eigenvalue weighted by Crippen LogP contribution is 2.13. The van der Waals surface area contributed by atoms with E-state index in [1.165, 1.54) is 0 Å². The zero-order valence-electron chi connectivity index (χ0n) is 11.8. The van der Waals surface area contributed by atoms with Gasteiger partial charge in [-0.3, -0.25) is 0 Å². The van der Waals surface area contributed by atoms with Crippen LogP contribution in [0, 0.1) is 0 Å². The third-order valence-corrected chi connectivity index (χ3v) is 2.09. The molecule has 0 fully saturated rings. The van der Waals surface area contributed by atoms with Crippen molar-refractivity contribution in [3.63, 3.8) is 0 Å². The summed E-state index contributed by atoms with van der Waals surface area (Å²) < 4.78 is 15.0. The van der Waals surface area contributed by atoms with Gasteiger partial charge in [0.15, 0.2) is 0 Å². The van der Waals surface area contributed by atoms with Crippen LogP contribution in [-0.4, -0.2) is 25.5 Å². The third kappa shape index (κ3) is 6.50. The third-order valence-electron chi connectivity index (χ3n) is 2.09. The molecular formula is C15H20O4.